The molecule has 0 radical (unpaired) electrons. The lowest BCUT2D eigenvalue weighted by molar-refractivity contribution is 0.0735. The normalized spacial score (nSPS) is 20.3. The van der Waals surface area contributed by atoms with Crippen LogP contribution in [0.3, 0.4) is 0 Å². The molecule has 1 aliphatic carbocycles. The molecular formula is C21H23NO. The predicted octanol–water partition coefficient (Wildman–Crippen LogP) is 4.54. The van der Waals surface area contributed by atoms with Gasteiger partial charge in [0, 0.05) is 12.1 Å². The Morgan fingerprint density at radius 2 is 1.70 bits per heavy atom. The van der Waals surface area contributed by atoms with Crippen molar-refractivity contribution in [3.05, 3.63) is 70.8 Å². The molecule has 1 atom stereocenters. The number of likely N-dealkylation sites (tertiary alicyclic amines) is 1. The molecule has 1 amide bonds. The Morgan fingerprint density at radius 1 is 0.913 bits per heavy atom. The van der Waals surface area contributed by atoms with E-state index >= 15 is 0 Å². The minimum Gasteiger partial charge on any atom is -0.332 e. The highest BCUT2D eigenvalue weighted by Gasteiger charge is 2.30. The van der Waals surface area contributed by atoms with Gasteiger partial charge in [-0.3, -0.25) is 4.79 Å². The zero-order valence-corrected chi connectivity index (χ0v) is 13.5. The summed E-state index contributed by atoms with van der Waals surface area (Å²) < 4.78 is 0. The number of benzene rings is 2. The number of aryl methyl sites for hydroxylation is 2. The third-order valence-electron chi connectivity index (χ3n) is 5.29. The lowest BCUT2D eigenvalue weighted by Crippen LogP contribution is -2.30. The van der Waals surface area contributed by atoms with Crippen LogP contribution in [0.1, 0.15) is 58.8 Å². The SMILES string of the molecule is O=C(c1ccc2c(c1)CCCC2)N1CCC[C@@H]1c1ccccc1. The van der Waals surface area contributed by atoms with E-state index in [1.54, 1.807) is 0 Å². The van der Waals surface area contributed by atoms with Crippen LogP contribution in [0.5, 0.6) is 0 Å². The Hall–Kier alpha value is -2.09. The topological polar surface area (TPSA) is 20.3 Å². The van der Waals surface area contributed by atoms with Gasteiger partial charge in [-0.15, -0.1) is 0 Å². The molecule has 0 bridgehead atoms. The average Bonchev–Trinajstić information content (AvgIpc) is 3.11. The lowest BCUT2D eigenvalue weighted by Gasteiger charge is -2.26. The van der Waals surface area contributed by atoms with Gasteiger partial charge in [0.25, 0.3) is 5.91 Å². The molecule has 2 aromatic rings. The van der Waals surface area contributed by atoms with E-state index in [1.807, 2.05) is 12.1 Å². The molecule has 2 aliphatic rings. The molecule has 2 aromatic carbocycles. The number of carbonyl (C=O) groups is 1. The first-order valence-electron chi connectivity index (χ1n) is 8.80. The van der Waals surface area contributed by atoms with E-state index in [9.17, 15) is 4.79 Å². The van der Waals surface area contributed by atoms with Crippen molar-refractivity contribution in [2.75, 3.05) is 6.54 Å². The second kappa shape index (κ2) is 6.19. The van der Waals surface area contributed by atoms with E-state index in [4.69, 9.17) is 0 Å². The second-order valence-corrected chi connectivity index (χ2v) is 6.76. The highest BCUT2D eigenvalue weighted by molar-refractivity contribution is 5.95. The van der Waals surface area contributed by atoms with Crippen molar-refractivity contribution in [3.8, 4) is 0 Å². The fraction of sp³-hybridized carbons (Fsp3) is 0.381. The molecular weight excluding hydrogens is 282 g/mol. The maximum atomic E-state index is 13.0. The standard InChI is InChI=1S/C21H23NO/c23-21(19-13-12-16-7-4-5-10-18(16)15-19)22-14-6-11-20(22)17-8-2-1-3-9-17/h1-3,8-9,12-13,15,20H,4-7,10-11,14H2/t20-/m1/s1. The van der Waals surface area contributed by atoms with Crippen LogP contribution in [0.25, 0.3) is 0 Å². The lowest BCUT2D eigenvalue weighted by atomic mass is 9.90. The third-order valence-corrected chi connectivity index (χ3v) is 5.29. The second-order valence-electron chi connectivity index (χ2n) is 6.76. The molecule has 0 unspecified atom stereocenters. The van der Waals surface area contributed by atoms with Crippen molar-refractivity contribution >= 4 is 5.91 Å². The Balaban J connectivity index is 1.61. The number of hydrogen-bond donors (Lipinski definition) is 0. The van der Waals surface area contributed by atoms with Crippen molar-refractivity contribution < 1.29 is 4.79 Å². The highest BCUT2D eigenvalue weighted by atomic mass is 16.2. The molecule has 1 aliphatic heterocycles. The van der Waals surface area contributed by atoms with Crippen molar-refractivity contribution in [3.63, 3.8) is 0 Å². The van der Waals surface area contributed by atoms with Crippen LogP contribution >= 0.6 is 0 Å². The van der Waals surface area contributed by atoms with E-state index in [2.05, 4.69) is 41.3 Å². The number of hydrogen-bond acceptors (Lipinski definition) is 1. The summed E-state index contributed by atoms with van der Waals surface area (Å²) >= 11 is 0. The zero-order valence-electron chi connectivity index (χ0n) is 13.5. The number of rotatable bonds is 2. The van der Waals surface area contributed by atoms with Crippen LogP contribution in [-0.4, -0.2) is 17.4 Å². The highest BCUT2D eigenvalue weighted by Crippen LogP contribution is 2.33. The molecule has 0 saturated carbocycles. The number of amides is 1. The maximum absolute atomic E-state index is 13.0. The minimum atomic E-state index is 0.199. The van der Waals surface area contributed by atoms with Crippen molar-refractivity contribution in [2.45, 2.75) is 44.6 Å². The van der Waals surface area contributed by atoms with Gasteiger partial charge in [-0.25, -0.2) is 0 Å². The van der Waals surface area contributed by atoms with Gasteiger partial charge in [0.2, 0.25) is 0 Å². The van der Waals surface area contributed by atoms with Gasteiger partial charge in [0.1, 0.15) is 0 Å². The first-order valence-corrected chi connectivity index (χ1v) is 8.80. The Labute approximate surface area is 138 Å². The Kier molecular flexibility index (Phi) is 3.90. The molecule has 1 heterocycles. The third kappa shape index (κ3) is 2.78. The summed E-state index contributed by atoms with van der Waals surface area (Å²) in [5.41, 5.74) is 4.95. The molecule has 4 rings (SSSR count). The molecule has 0 aromatic heterocycles. The molecule has 2 heteroatoms. The van der Waals surface area contributed by atoms with Gasteiger partial charge >= 0.3 is 0 Å². The van der Waals surface area contributed by atoms with E-state index in [0.29, 0.717) is 0 Å². The fourth-order valence-electron chi connectivity index (χ4n) is 4.06. The molecule has 1 fully saturated rings. The van der Waals surface area contributed by atoms with Crippen LogP contribution in [0.4, 0.5) is 0 Å². The van der Waals surface area contributed by atoms with E-state index in [1.165, 1.54) is 36.0 Å². The molecule has 0 N–H and O–H groups in total. The summed E-state index contributed by atoms with van der Waals surface area (Å²) in [6.45, 7) is 0.871. The summed E-state index contributed by atoms with van der Waals surface area (Å²) in [6, 6.07) is 17.0. The van der Waals surface area contributed by atoms with Crippen molar-refractivity contribution in [2.24, 2.45) is 0 Å². The molecule has 2 nitrogen and oxygen atoms in total. The van der Waals surface area contributed by atoms with Crippen LogP contribution < -0.4 is 0 Å². The Bertz CT molecular complexity index is 707. The first-order chi connectivity index (χ1) is 11.3. The first kappa shape index (κ1) is 14.5. The number of nitrogens with zero attached hydrogens (tertiary/aromatic N) is 1. The van der Waals surface area contributed by atoms with Gasteiger partial charge in [-0.05, 0) is 67.3 Å². The van der Waals surface area contributed by atoms with Gasteiger partial charge in [-0.1, -0.05) is 36.4 Å². The van der Waals surface area contributed by atoms with Gasteiger partial charge < -0.3 is 4.90 Å². The number of fused-ring (bicyclic) bond motifs is 1. The maximum Gasteiger partial charge on any atom is 0.254 e. The summed E-state index contributed by atoms with van der Waals surface area (Å²) in [5, 5.41) is 0. The summed E-state index contributed by atoms with van der Waals surface area (Å²) in [5.74, 6) is 0.199. The van der Waals surface area contributed by atoms with Crippen LogP contribution in [-0.2, 0) is 12.8 Å². The van der Waals surface area contributed by atoms with Crippen molar-refractivity contribution in [1.82, 2.24) is 4.90 Å². The molecule has 0 spiro atoms. The van der Waals surface area contributed by atoms with E-state index < -0.39 is 0 Å². The number of carbonyl (C=O) groups excluding carboxylic acids is 1. The molecule has 118 valence electrons. The van der Waals surface area contributed by atoms with Crippen LogP contribution in [0.15, 0.2) is 48.5 Å². The molecule has 1 saturated heterocycles. The largest absolute Gasteiger partial charge is 0.332 e. The van der Waals surface area contributed by atoms with E-state index in [-0.39, 0.29) is 11.9 Å². The van der Waals surface area contributed by atoms with Gasteiger partial charge in [0.05, 0.1) is 6.04 Å². The zero-order chi connectivity index (χ0) is 15.6. The van der Waals surface area contributed by atoms with Gasteiger partial charge in [0.15, 0.2) is 0 Å². The van der Waals surface area contributed by atoms with Crippen molar-refractivity contribution in [1.29, 1.82) is 0 Å². The molecule has 23 heavy (non-hydrogen) atoms. The van der Waals surface area contributed by atoms with E-state index in [0.717, 1.165) is 31.4 Å². The summed E-state index contributed by atoms with van der Waals surface area (Å²) in [6.07, 6.45) is 6.99. The van der Waals surface area contributed by atoms with Crippen LogP contribution in [0.2, 0.25) is 0 Å². The smallest absolute Gasteiger partial charge is 0.254 e. The van der Waals surface area contributed by atoms with Crippen LogP contribution in [0, 0.1) is 0 Å². The Morgan fingerprint density at radius 3 is 2.52 bits per heavy atom. The summed E-state index contributed by atoms with van der Waals surface area (Å²) in [7, 11) is 0. The fourth-order valence-corrected chi connectivity index (χ4v) is 4.06. The minimum absolute atomic E-state index is 0.199. The predicted molar refractivity (Wildman–Crippen MR) is 92.5 cm³/mol. The summed E-state index contributed by atoms with van der Waals surface area (Å²) in [4.78, 5) is 15.1. The van der Waals surface area contributed by atoms with Gasteiger partial charge in [-0.2, -0.15) is 0 Å². The quantitative estimate of drug-likeness (QED) is 0.797. The monoisotopic (exact) mass is 305 g/mol. The average molecular weight is 305 g/mol.